The molecule has 2 heterocycles. The molecule has 0 radical (unpaired) electrons. The lowest BCUT2D eigenvalue weighted by atomic mass is 10.1. The second-order valence-corrected chi connectivity index (χ2v) is 8.87. The Morgan fingerprint density at radius 1 is 1.33 bits per heavy atom. The summed E-state index contributed by atoms with van der Waals surface area (Å²) in [5.41, 5.74) is 1.77. The summed E-state index contributed by atoms with van der Waals surface area (Å²) in [7, 11) is -2.89. The van der Waals surface area contributed by atoms with Crippen molar-refractivity contribution in [3.63, 3.8) is 0 Å². The van der Waals surface area contributed by atoms with E-state index in [0.717, 1.165) is 16.9 Å². The van der Waals surface area contributed by atoms with Crippen LogP contribution in [0.5, 0.6) is 0 Å². The highest BCUT2D eigenvalue weighted by Gasteiger charge is 2.28. The average molecular weight is 347 g/mol. The predicted octanol–water partition coefficient (Wildman–Crippen LogP) is 3.74. The van der Waals surface area contributed by atoms with Gasteiger partial charge in [0.15, 0.2) is 0 Å². The number of fused-ring (bicyclic) bond motifs is 1. The van der Waals surface area contributed by atoms with Gasteiger partial charge in [-0.2, -0.15) is 0 Å². The highest BCUT2D eigenvalue weighted by molar-refractivity contribution is 7.91. The standard InChI is InChI=1S/C14H16Cl2N2O2S/c1-9(15)14-17-12-3-2-10(16)8-13(12)18(14)11-4-6-21(19,20)7-5-11/h2-3,8-9,11H,4-7H2,1H3. The number of benzene rings is 1. The number of aromatic nitrogens is 2. The van der Waals surface area contributed by atoms with Gasteiger partial charge in [0.25, 0.3) is 0 Å². The smallest absolute Gasteiger partial charge is 0.150 e. The van der Waals surface area contributed by atoms with E-state index in [1.54, 1.807) is 6.07 Å². The van der Waals surface area contributed by atoms with Crippen molar-refractivity contribution in [1.82, 2.24) is 9.55 Å². The topological polar surface area (TPSA) is 52.0 Å². The molecule has 1 unspecified atom stereocenters. The van der Waals surface area contributed by atoms with E-state index in [1.165, 1.54) is 0 Å². The summed E-state index contributed by atoms with van der Waals surface area (Å²) >= 11 is 12.4. The van der Waals surface area contributed by atoms with Gasteiger partial charge >= 0.3 is 0 Å². The van der Waals surface area contributed by atoms with Crippen LogP contribution in [-0.4, -0.2) is 29.5 Å². The van der Waals surface area contributed by atoms with Gasteiger partial charge in [0.2, 0.25) is 0 Å². The van der Waals surface area contributed by atoms with Gasteiger partial charge in [-0.25, -0.2) is 13.4 Å². The largest absolute Gasteiger partial charge is 0.324 e. The van der Waals surface area contributed by atoms with Gasteiger partial charge in [0.1, 0.15) is 15.7 Å². The van der Waals surface area contributed by atoms with E-state index in [0.29, 0.717) is 17.9 Å². The highest BCUT2D eigenvalue weighted by Crippen LogP contribution is 2.34. The average Bonchev–Trinajstić information content (AvgIpc) is 2.78. The molecule has 0 saturated carbocycles. The van der Waals surface area contributed by atoms with Gasteiger partial charge in [-0.05, 0) is 38.0 Å². The molecule has 0 amide bonds. The van der Waals surface area contributed by atoms with Crippen molar-refractivity contribution in [2.45, 2.75) is 31.2 Å². The Hall–Kier alpha value is -0.780. The summed E-state index contributed by atoms with van der Waals surface area (Å²) in [5.74, 6) is 1.21. The number of alkyl halides is 1. The van der Waals surface area contributed by atoms with Gasteiger partial charge in [-0.3, -0.25) is 0 Å². The summed E-state index contributed by atoms with van der Waals surface area (Å²) in [6.07, 6.45) is 1.19. The maximum absolute atomic E-state index is 11.6. The van der Waals surface area contributed by atoms with Crippen LogP contribution >= 0.6 is 23.2 Å². The lowest BCUT2D eigenvalue weighted by molar-refractivity contribution is 0.446. The molecule has 1 saturated heterocycles. The maximum Gasteiger partial charge on any atom is 0.150 e. The van der Waals surface area contributed by atoms with Crippen LogP contribution in [0.2, 0.25) is 5.02 Å². The minimum absolute atomic E-state index is 0.105. The molecular weight excluding hydrogens is 331 g/mol. The number of halogens is 2. The molecule has 1 aliphatic rings. The zero-order chi connectivity index (χ0) is 15.2. The molecule has 1 atom stereocenters. The van der Waals surface area contributed by atoms with Crippen molar-refractivity contribution >= 4 is 44.1 Å². The molecule has 7 heteroatoms. The second-order valence-electron chi connectivity index (χ2n) is 5.47. The molecule has 1 aromatic carbocycles. The fourth-order valence-corrected chi connectivity index (χ4v) is 4.67. The first-order valence-corrected chi connectivity index (χ1v) is 9.53. The molecule has 2 aromatic rings. The SMILES string of the molecule is CC(Cl)c1nc2ccc(Cl)cc2n1C1CCS(=O)(=O)CC1. The molecule has 1 aromatic heterocycles. The minimum Gasteiger partial charge on any atom is -0.324 e. The van der Waals surface area contributed by atoms with Gasteiger partial charge in [-0.1, -0.05) is 11.6 Å². The van der Waals surface area contributed by atoms with Crippen LogP contribution in [-0.2, 0) is 9.84 Å². The van der Waals surface area contributed by atoms with Crippen LogP contribution in [0.1, 0.15) is 37.0 Å². The zero-order valence-corrected chi connectivity index (χ0v) is 13.9. The zero-order valence-electron chi connectivity index (χ0n) is 11.6. The Morgan fingerprint density at radius 2 is 2.00 bits per heavy atom. The molecule has 0 bridgehead atoms. The summed E-state index contributed by atoms with van der Waals surface area (Å²) in [6.45, 7) is 1.88. The van der Waals surface area contributed by atoms with Crippen molar-refractivity contribution in [3.8, 4) is 0 Å². The predicted molar refractivity (Wildman–Crippen MR) is 85.9 cm³/mol. The molecule has 4 nitrogen and oxygen atoms in total. The van der Waals surface area contributed by atoms with Crippen LogP contribution in [0.4, 0.5) is 0 Å². The first-order chi connectivity index (χ1) is 9.87. The number of rotatable bonds is 2. The first-order valence-electron chi connectivity index (χ1n) is 6.89. The molecule has 0 spiro atoms. The minimum atomic E-state index is -2.89. The Balaban J connectivity index is 2.11. The lowest BCUT2D eigenvalue weighted by Gasteiger charge is -2.26. The quantitative estimate of drug-likeness (QED) is 0.778. The lowest BCUT2D eigenvalue weighted by Crippen LogP contribution is -2.26. The maximum atomic E-state index is 11.6. The van der Waals surface area contributed by atoms with Crippen LogP contribution in [0.3, 0.4) is 0 Å². The van der Waals surface area contributed by atoms with E-state index in [9.17, 15) is 8.42 Å². The molecule has 114 valence electrons. The van der Waals surface area contributed by atoms with Gasteiger partial charge < -0.3 is 4.57 Å². The van der Waals surface area contributed by atoms with E-state index in [4.69, 9.17) is 23.2 Å². The molecule has 21 heavy (non-hydrogen) atoms. The molecular formula is C14H16Cl2N2O2S. The van der Waals surface area contributed by atoms with Crippen LogP contribution < -0.4 is 0 Å². The number of hydrogen-bond donors (Lipinski definition) is 0. The fraction of sp³-hybridized carbons (Fsp3) is 0.500. The summed E-state index contributed by atoms with van der Waals surface area (Å²) in [5, 5.41) is 0.399. The van der Waals surface area contributed by atoms with Gasteiger partial charge in [0.05, 0.1) is 27.9 Å². The summed E-state index contributed by atoms with van der Waals surface area (Å²) in [6, 6.07) is 5.65. The number of nitrogens with zero attached hydrogens (tertiary/aromatic N) is 2. The third kappa shape index (κ3) is 2.91. The van der Waals surface area contributed by atoms with Crippen LogP contribution in [0, 0.1) is 0 Å². The monoisotopic (exact) mass is 346 g/mol. The second kappa shape index (κ2) is 5.45. The van der Waals surface area contributed by atoms with Crippen molar-refractivity contribution in [2.75, 3.05) is 11.5 Å². The Bertz CT molecular complexity index is 770. The first kappa shape index (κ1) is 15.1. The normalized spacial score (nSPS) is 20.7. The number of hydrogen-bond acceptors (Lipinski definition) is 3. The van der Waals surface area contributed by atoms with Crippen molar-refractivity contribution < 1.29 is 8.42 Å². The highest BCUT2D eigenvalue weighted by atomic mass is 35.5. The Morgan fingerprint density at radius 3 is 2.62 bits per heavy atom. The van der Waals surface area contributed by atoms with E-state index >= 15 is 0 Å². The third-order valence-corrected chi connectivity index (χ3v) is 6.07. The molecule has 1 aliphatic heterocycles. The van der Waals surface area contributed by atoms with Gasteiger partial charge in [-0.15, -0.1) is 11.6 Å². The van der Waals surface area contributed by atoms with Crippen molar-refractivity contribution in [3.05, 3.63) is 29.0 Å². The van der Waals surface area contributed by atoms with E-state index in [1.807, 2.05) is 19.1 Å². The fourth-order valence-electron chi connectivity index (χ4n) is 2.88. The Kier molecular flexibility index (Phi) is 3.93. The van der Waals surface area contributed by atoms with E-state index < -0.39 is 9.84 Å². The molecule has 3 rings (SSSR count). The molecule has 0 aliphatic carbocycles. The van der Waals surface area contributed by atoms with Crippen molar-refractivity contribution in [2.24, 2.45) is 0 Å². The number of sulfone groups is 1. The molecule has 1 fully saturated rings. The third-order valence-electron chi connectivity index (χ3n) is 3.92. The molecule has 0 N–H and O–H groups in total. The van der Waals surface area contributed by atoms with Crippen molar-refractivity contribution in [1.29, 1.82) is 0 Å². The van der Waals surface area contributed by atoms with Crippen LogP contribution in [0.25, 0.3) is 11.0 Å². The van der Waals surface area contributed by atoms with Gasteiger partial charge in [0, 0.05) is 11.1 Å². The summed E-state index contributed by atoms with van der Waals surface area (Å²) in [4.78, 5) is 4.59. The number of imidazole rings is 1. The van der Waals surface area contributed by atoms with E-state index in [-0.39, 0.29) is 22.9 Å². The van der Waals surface area contributed by atoms with Crippen LogP contribution in [0.15, 0.2) is 18.2 Å². The Labute approximate surface area is 134 Å². The van der Waals surface area contributed by atoms with E-state index in [2.05, 4.69) is 9.55 Å². The summed E-state index contributed by atoms with van der Waals surface area (Å²) < 4.78 is 25.3.